The number of fused-ring (bicyclic) bond motifs is 1. The third-order valence-corrected chi connectivity index (χ3v) is 4.72. The van der Waals surface area contributed by atoms with Gasteiger partial charge in [-0.05, 0) is 38.3 Å². The van der Waals surface area contributed by atoms with Gasteiger partial charge in [-0.2, -0.15) is 0 Å². The van der Waals surface area contributed by atoms with E-state index in [1.807, 2.05) is 6.07 Å². The van der Waals surface area contributed by atoms with E-state index in [1.54, 1.807) is 25.1 Å². The molecule has 1 atom stereocenters. The minimum Gasteiger partial charge on any atom is -0.453 e. The van der Waals surface area contributed by atoms with E-state index in [0.29, 0.717) is 24.1 Å². The molecule has 1 aliphatic carbocycles. The summed E-state index contributed by atoms with van der Waals surface area (Å²) in [5, 5.41) is 2.92. The van der Waals surface area contributed by atoms with E-state index >= 15 is 0 Å². The van der Waals surface area contributed by atoms with Crippen LogP contribution in [0.2, 0.25) is 0 Å². The highest BCUT2D eigenvalue weighted by atomic mass is 16.5. The van der Waals surface area contributed by atoms with Gasteiger partial charge in [-0.1, -0.05) is 25.0 Å². The van der Waals surface area contributed by atoms with Crippen molar-refractivity contribution in [1.82, 2.24) is 9.88 Å². The van der Waals surface area contributed by atoms with Crippen molar-refractivity contribution >= 4 is 23.0 Å². The van der Waals surface area contributed by atoms with Gasteiger partial charge in [-0.3, -0.25) is 14.2 Å². The molecule has 1 fully saturated rings. The van der Waals surface area contributed by atoms with Gasteiger partial charge in [0.2, 0.25) is 0 Å². The SMILES string of the molecule is C[C@@H](OC(=O)CCCn1c(=O)oc2ccccc21)C(=O)NC1CCCC1. The van der Waals surface area contributed by atoms with Crippen molar-refractivity contribution in [1.29, 1.82) is 0 Å². The summed E-state index contributed by atoms with van der Waals surface area (Å²) in [4.78, 5) is 35.9. The molecule has 7 nitrogen and oxygen atoms in total. The van der Waals surface area contributed by atoms with Crippen molar-refractivity contribution in [2.24, 2.45) is 0 Å². The number of hydrogen-bond donors (Lipinski definition) is 1. The molecule has 1 N–H and O–H groups in total. The lowest BCUT2D eigenvalue weighted by Crippen LogP contribution is -2.40. The highest BCUT2D eigenvalue weighted by Gasteiger charge is 2.23. The molecule has 3 rings (SSSR count). The van der Waals surface area contributed by atoms with Crippen LogP contribution >= 0.6 is 0 Å². The van der Waals surface area contributed by atoms with Gasteiger partial charge in [0.1, 0.15) is 0 Å². The molecule has 1 heterocycles. The normalized spacial score (nSPS) is 15.9. The van der Waals surface area contributed by atoms with Crippen molar-refractivity contribution in [3.8, 4) is 0 Å². The van der Waals surface area contributed by atoms with Crippen LogP contribution in [-0.2, 0) is 20.9 Å². The van der Waals surface area contributed by atoms with E-state index in [0.717, 1.165) is 25.7 Å². The molecule has 1 saturated carbocycles. The molecule has 1 aliphatic rings. The molecule has 1 aromatic heterocycles. The topological polar surface area (TPSA) is 90.5 Å². The number of aromatic nitrogens is 1. The first-order valence-corrected chi connectivity index (χ1v) is 9.13. The quantitative estimate of drug-likeness (QED) is 0.766. The van der Waals surface area contributed by atoms with Crippen molar-refractivity contribution in [3.63, 3.8) is 0 Å². The highest BCUT2D eigenvalue weighted by molar-refractivity contribution is 5.83. The maximum atomic E-state index is 12.0. The number of aryl methyl sites for hydroxylation is 1. The number of amides is 1. The number of carbonyl (C=O) groups is 2. The minimum absolute atomic E-state index is 0.132. The summed E-state index contributed by atoms with van der Waals surface area (Å²) < 4.78 is 11.9. The average molecular weight is 360 g/mol. The molecule has 0 spiro atoms. The Kier molecular flexibility index (Phi) is 5.75. The van der Waals surface area contributed by atoms with E-state index in [4.69, 9.17) is 9.15 Å². The molecule has 1 amide bonds. The monoisotopic (exact) mass is 360 g/mol. The van der Waals surface area contributed by atoms with Crippen LogP contribution in [0.1, 0.15) is 45.4 Å². The molecule has 140 valence electrons. The molecular formula is C19H24N2O5. The lowest BCUT2D eigenvalue weighted by atomic mass is 10.2. The van der Waals surface area contributed by atoms with E-state index in [-0.39, 0.29) is 18.4 Å². The number of oxazole rings is 1. The Labute approximate surface area is 151 Å². The first-order chi connectivity index (χ1) is 12.5. The summed E-state index contributed by atoms with van der Waals surface area (Å²) in [7, 11) is 0. The molecule has 0 bridgehead atoms. The van der Waals surface area contributed by atoms with E-state index in [9.17, 15) is 14.4 Å². The van der Waals surface area contributed by atoms with Crippen molar-refractivity contribution < 1.29 is 18.7 Å². The highest BCUT2D eigenvalue weighted by Crippen LogP contribution is 2.18. The second kappa shape index (κ2) is 8.21. The molecule has 0 radical (unpaired) electrons. The van der Waals surface area contributed by atoms with Gasteiger partial charge in [0.15, 0.2) is 11.7 Å². The minimum atomic E-state index is -0.805. The van der Waals surface area contributed by atoms with Gasteiger partial charge < -0.3 is 14.5 Å². The Hall–Kier alpha value is -2.57. The second-order valence-corrected chi connectivity index (χ2v) is 6.71. The van der Waals surface area contributed by atoms with E-state index in [1.165, 1.54) is 4.57 Å². The fourth-order valence-corrected chi connectivity index (χ4v) is 3.31. The van der Waals surface area contributed by atoms with Crippen LogP contribution < -0.4 is 11.1 Å². The summed E-state index contributed by atoms with van der Waals surface area (Å²) in [5.74, 6) is -1.13. The number of para-hydroxylation sites is 2. The number of nitrogens with zero attached hydrogens (tertiary/aromatic N) is 1. The predicted molar refractivity (Wildman–Crippen MR) is 95.7 cm³/mol. The van der Waals surface area contributed by atoms with E-state index in [2.05, 4.69) is 5.32 Å². The maximum Gasteiger partial charge on any atom is 0.419 e. The molecule has 2 aromatic rings. The Balaban J connectivity index is 1.45. The van der Waals surface area contributed by atoms with Crippen molar-refractivity contribution in [2.45, 2.75) is 64.1 Å². The standard InChI is InChI=1S/C19H24N2O5/c1-13(18(23)20-14-7-2-3-8-14)25-17(22)11-6-12-21-15-9-4-5-10-16(15)26-19(21)24/h4-5,9-10,13-14H,2-3,6-8,11-12H2,1H3,(H,20,23)/t13-/m1/s1. The number of nitrogens with one attached hydrogen (secondary N) is 1. The Morgan fingerprint density at radius 2 is 2.04 bits per heavy atom. The third kappa shape index (κ3) is 4.33. The predicted octanol–water partition coefficient (Wildman–Crippen LogP) is 2.37. The smallest absolute Gasteiger partial charge is 0.419 e. The molecule has 0 unspecified atom stereocenters. The summed E-state index contributed by atoms with van der Waals surface area (Å²) in [6, 6.07) is 7.35. The lowest BCUT2D eigenvalue weighted by molar-refractivity contribution is -0.155. The summed E-state index contributed by atoms with van der Waals surface area (Å²) in [6.07, 6.45) is 3.98. The Bertz CT molecular complexity index is 832. The molecule has 26 heavy (non-hydrogen) atoms. The number of ether oxygens (including phenoxy) is 1. The zero-order valence-electron chi connectivity index (χ0n) is 14.9. The fraction of sp³-hybridized carbons (Fsp3) is 0.526. The van der Waals surface area contributed by atoms with Gasteiger partial charge in [0.25, 0.3) is 5.91 Å². The Morgan fingerprint density at radius 3 is 2.81 bits per heavy atom. The number of carbonyl (C=O) groups excluding carboxylic acids is 2. The third-order valence-electron chi connectivity index (χ3n) is 4.72. The molecular weight excluding hydrogens is 336 g/mol. The fourth-order valence-electron chi connectivity index (χ4n) is 3.31. The van der Waals surface area contributed by atoms with Crippen LogP contribution in [0.4, 0.5) is 0 Å². The van der Waals surface area contributed by atoms with Gasteiger partial charge in [-0.15, -0.1) is 0 Å². The van der Waals surface area contributed by atoms with Gasteiger partial charge in [0.05, 0.1) is 5.52 Å². The van der Waals surface area contributed by atoms with Crippen LogP contribution in [0.5, 0.6) is 0 Å². The second-order valence-electron chi connectivity index (χ2n) is 6.71. The van der Waals surface area contributed by atoms with Crippen LogP contribution in [0, 0.1) is 0 Å². The largest absolute Gasteiger partial charge is 0.453 e. The summed E-state index contributed by atoms with van der Waals surface area (Å²) in [5.41, 5.74) is 1.23. The number of hydrogen-bond acceptors (Lipinski definition) is 5. The Morgan fingerprint density at radius 1 is 1.31 bits per heavy atom. The zero-order chi connectivity index (χ0) is 18.5. The summed E-state index contributed by atoms with van der Waals surface area (Å²) >= 11 is 0. The lowest BCUT2D eigenvalue weighted by Gasteiger charge is -2.17. The zero-order valence-corrected chi connectivity index (χ0v) is 14.9. The molecule has 1 aromatic carbocycles. The first kappa shape index (κ1) is 18.2. The molecule has 7 heteroatoms. The van der Waals surface area contributed by atoms with Gasteiger partial charge in [0, 0.05) is 19.0 Å². The number of benzene rings is 1. The van der Waals surface area contributed by atoms with Crippen LogP contribution in [0.15, 0.2) is 33.5 Å². The number of esters is 1. The van der Waals surface area contributed by atoms with E-state index < -0.39 is 17.8 Å². The molecule has 0 aliphatic heterocycles. The maximum absolute atomic E-state index is 12.0. The first-order valence-electron chi connectivity index (χ1n) is 9.13. The van der Waals surface area contributed by atoms with Gasteiger partial charge >= 0.3 is 11.7 Å². The van der Waals surface area contributed by atoms with Crippen molar-refractivity contribution in [3.05, 3.63) is 34.8 Å². The van der Waals surface area contributed by atoms with Crippen LogP contribution in [-0.4, -0.2) is 28.6 Å². The summed E-state index contributed by atoms with van der Waals surface area (Å²) in [6.45, 7) is 1.93. The molecule has 0 saturated heterocycles. The van der Waals surface area contributed by atoms with Gasteiger partial charge in [-0.25, -0.2) is 4.79 Å². The van der Waals surface area contributed by atoms with Crippen LogP contribution in [0.25, 0.3) is 11.1 Å². The van der Waals surface area contributed by atoms with Crippen LogP contribution in [0.3, 0.4) is 0 Å². The average Bonchev–Trinajstić information content (AvgIpc) is 3.22. The van der Waals surface area contributed by atoms with Crippen molar-refractivity contribution in [2.75, 3.05) is 0 Å². The number of rotatable bonds is 7.